The molecule has 0 bridgehead atoms. The predicted molar refractivity (Wildman–Crippen MR) is 123 cm³/mol. The summed E-state index contributed by atoms with van der Waals surface area (Å²) in [6, 6.07) is 1.20. The Kier molecular flexibility index (Phi) is 12.8. The van der Waals surface area contributed by atoms with E-state index in [-0.39, 0.29) is 0 Å². The van der Waals surface area contributed by atoms with E-state index in [2.05, 4.69) is 73.8 Å². The molecule has 0 aromatic rings. The van der Waals surface area contributed by atoms with Crippen LogP contribution in [0.5, 0.6) is 0 Å². The van der Waals surface area contributed by atoms with Gasteiger partial charge in [-0.25, -0.2) is 0 Å². The van der Waals surface area contributed by atoms with Crippen molar-refractivity contribution in [2.45, 2.75) is 67.0 Å². The van der Waals surface area contributed by atoms with Gasteiger partial charge in [-0.3, -0.25) is 9.89 Å². The molecule has 28 heavy (non-hydrogen) atoms. The highest BCUT2D eigenvalue weighted by atomic mass is 15.3. The van der Waals surface area contributed by atoms with Crippen molar-refractivity contribution in [2.75, 3.05) is 65.4 Å². The van der Waals surface area contributed by atoms with Crippen LogP contribution < -0.4 is 10.6 Å². The zero-order chi connectivity index (χ0) is 20.9. The molecule has 0 saturated carbocycles. The van der Waals surface area contributed by atoms with Gasteiger partial charge in [-0.15, -0.1) is 0 Å². The van der Waals surface area contributed by atoms with E-state index in [4.69, 9.17) is 4.99 Å². The number of hydrogen-bond donors (Lipinski definition) is 2. The molecule has 0 radical (unpaired) electrons. The molecule has 6 heteroatoms. The number of piperazine rings is 1. The third-order valence-electron chi connectivity index (χ3n) is 5.60. The average molecular weight is 397 g/mol. The highest BCUT2D eigenvalue weighted by molar-refractivity contribution is 5.79. The first-order valence-electron chi connectivity index (χ1n) is 11.6. The van der Waals surface area contributed by atoms with Crippen LogP contribution in [-0.4, -0.2) is 98.2 Å². The molecule has 0 spiro atoms. The van der Waals surface area contributed by atoms with E-state index < -0.39 is 0 Å². The molecule has 1 heterocycles. The highest BCUT2D eigenvalue weighted by Gasteiger charge is 2.17. The van der Waals surface area contributed by atoms with E-state index in [0.29, 0.717) is 18.0 Å². The molecule has 0 aromatic heterocycles. The first kappa shape index (κ1) is 25.2. The summed E-state index contributed by atoms with van der Waals surface area (Å²) in [5.41, 5.74) is 0. The second-order valence-electron chi connectivity index (χ2n) is 8.77. The Morgan fingerprint density at radius 3 is 2.07 bits per heavy atom. The van der Waals surface area contributed by atoms with E-state index in [1.54, 1.807) is 0 Å². The van der Waals surface area contributed by atoms with Crippen LogP contribution in [0, 0.1) is 5.92 Å². The topological polar surface area (TPSA) is 46.1 Å². The standard InChI is InChI=1S/C22H48N6/c1-8-23-22(24-11-10-12-28(19(3)4)20(5)6)25-17-21(7)18-27-15-13-26(9-2)14-16-27/h19-21H,8-18H2,1-7H3,(H2,23,24,25). The lowest BCUT2D eigenvalue weighted by Crippen LogP contribution is -2.47. The lowest BCUT2D eigenvalue weighted by molar-refractivity contribution is 0.125. The van der Waals surface area contributed by atoms with Crippen LogP contribution in [0.15, 0.2) is 4.99 Å². The fraction of sp³-hybridized carbons (Fsp3) is 0.955. The fourth-order valence-electron chi connectivity index (χ4n) is 3.96. The summed E-state index contributed by atoms with van der Waals surface area (Å²) < 4.78 is 0. The minimum absolute atomic E-state index is 0.584. The van der Waals surface area contributed by atoms with Crippen LogP contribution >= 0.6 is 0 Å². The smallest absolute Gasteiger partial charge is 0.191 e. The number of likely N-dealkylation sites (N-methyl/N-ethyl adjacent to an activating group) is 1. The quantitative estimate of drug-likeness (QED) is 0.301. The van der Waals surface area contributed by atoms with Crippen molar-refractivity contribution in [1.29, 1.82) is 0 Å². The Labute approximate surface area is 175 Å². The van der Waals surface area contributed by atoms with Crippen LogP contribution in [-0.2, 0) is 0 Å². The molecule has 1 saturated heterocycles. The lowest BCUT2D eigenvalue weighted by atomic mass is 10.1. The molecule has 2 N–H and O–H groups in total. The van der Waals surface area contributed by atoms with Gasteiger partial charge in [0.05, 0.1) is 0 Å². The Morgan fingerprint density at radius 2 is 1.54 bits per heavy atom. The van der Waals surface area contributed by atoms with Crippen molar-refractivity contribution in [1.82, 2.24) is 25.3 Å². The van der Waals surface area contributed by atoms with Crippen LogP contribution in [0.4, 0.5) is 0 Å². The third kappa shape index (κ3) is 10.1. The van der Waals surface area contributed by atoms with Gasteiger partial charge in [-0.05, 0) is 53.5 Å². The molecule has 1 aliphatic rings. The van der Waals surface area contributed by atoms with Gasteiger partial charge >= 0.3 is 0 Å². The highest BCUT2D eigenvalue weighted by Crippen LogP contribution is 2.07. The maximum absolute atomic E-state index is 4.84. The van der Waals surface area contributed by atoms with Gasteiger partial charge in [0.2, 0.25) is 0 Å². The van der Waals surface area contributed by atoms with Crippen LogP contribution in [0.1, 0.15) is 54.9 Å². The zero-order valence-electron chi connectivity index (χ0n) is 19.8. The summed E-state index contributed by atoms with van der Waals surface area (Å²) in [6.07, 6.45) is 1.14. The predicted octanol–water partition coefficient (Wildman–Crippen LogP) is 2.32. The fourth-order valence-corrected chi connectivity index (χ4v) is 3.96. The minimum Gasteiger partial charge on any atom is -0.357 e. The lowest BCUT2D eigenvalue weighted by Gasteiger charge is -2.35. The van der Waals surface area contributed by atoms with Gasteiger partial charge in [0.1, 0.15) is 0 Å². The zero-order valence-corrected chi connectivity index (χ0v) is 19.8. The number of hydrogen-bond acceptors (Lipinski definition) is 4. The maximum atomic E-state index is 4.84. The van der Waals surface area contributed by atoms with Crippen molar-refractivity contribution in [2.24, 2.45) is 10.9 Å². The Bertz CT molecular complexity index is 407. The van der Waals surface area contributed by atoms with Crippen molar-refractivity contribution in [3.8, 4) is 0 Å². The van der Waals surface area contributed by atoms with E-state index in [0.717, 1.165) is 45.1 Å². The molecular weight excluding hydrogens is 348 g/mol. The molecule has 166 valence electrons. The van der Waals surface area contributed by atoms with Crippen LogP contribution in [0.25, 0.3) is 0 Å². The Balaban J connectivity index is 2.34. The number of aliphatic imine (C=N–C) groups is 1. The van der Waals surface area contributed by atoms with E-state index in [9.17, 15) is 0 Å². The molecule has 0 aromatic carbocycles. The Morgan fingerprint density at radius 1 is 0.929 bits per heavy atom. The summed E-state index contributed by atoms with van der Waals surface area (Å²) in [4.78, 5) is 12.5. The molecule has 1 rings (SSSR count). The third-order valence-corrected chi connectivity index (χ3v) is 5.60. The van der Waals surface area contributed by atoms with Crippen molar-refractivity contribution in [3.05, 3.63) is 0 Å². The van der Waals surface area contributed by atoms with Gasteiger partial charge in [-0.1, -0.05) is 13.8 Å². The largest absolute Gasteiger partial charge is 0.357 e. The van der Waals surface area contributed by atoms with Gasteiger partial charge in [0.25, 0.3) is 0 Å². The molecule has 0 amide bonds. The Hall–Kier alpha value is -0.850. The van der Waals surface area contributed by atoms with Gasteiger partial charge in [0, 0.05) is 71.0 Å². The summed E-state index contributed by atoms with van der Waals surface area (Å²) in [5, 5.41) is 6.91. The molecule has 1 atom stereocenters. The molecule has 1 unspecified atom stereocenters. The van der Waals surface area contributed by atoms with Crippen molar-refractivity contribution in [3.63, 3.8) is 0 Å². The molecule has 1 aliphatic heterocycles. The average Bonchev–Trinajstić information content (AvgIpc) is 2.65. The van der Waals surface area contributed by atoms with Crippen LogP contribution in [0.3, 0.4) is 0 Å². The second kappa shape index (κ2) is 14.2. The van der Waals surface area contributed by atoms with E-state index >= 15 is 0 Å². The van der Waals surface area contributed by atoms with E-state index in [1.807, 2.05) is 0 Å². The molecule has 6 nitrogen and oxygen atoms in total. The van der Waals surface area contributed by atoms with Crippen molar-refractivity contribution < 1.29 is 0 Å². The van der Waals surface area contributed by atoms with Gasteiger partial charge in [0.15, 0.2) is 5.96 Å². The molecule has 0 aliphatic carbocycles. The monoisotopic (exact) mass is 396 g/mol. The molecule has 1 fully saturated rings. The second-order valence-corrected chi connectivity index (χ2v) is 8.77. The van der Waals surface area contributed by atoms with Crippen molar-refractivity contribution >= 4 is 5.96 Å². The SMILES string of the molecule is CCNC(=NCC(C)CN1CCN(CC)CC1)NCCCN(C(C)C)C(C)C. The van der Waals surface area contributed by atoms with Gasteiger partial charge in [-0.2, -0.15) is 0 Å². The first-order valence-corrected chi connectivity index (χ1v) is 11.6. The van der Waals surface area contributed by atoms with Crippen LogP contribution in [0.2, 0.25) is 0 Å². The first-order chi connectivity index (χ1) is 13.4. The van der Waals surface area contributed by atoms with E-state index in [1.165, 1.54) is 32.7 Å². The normalized spacial score (nSPS) is 18.3. The number of guanidine groups is 1. The summed E-state index contributed by atoms with van der Waals surface area (Å²) >= 11 is 0. The summed E-state index contributed by atoms with van der Waals surface area (Å²) in [6.45, 7) is 26.9. The number of rotatable bonds is 12. The number of nitrogens with zero attached hydrogens (tertiary/aromatic N) is 4. The minimum atomic E-state index is 0.584. The molecular formula is C22H48N6. The van der Waals surface area contributed by atoms with Gasteiger partial charge < -0.3 is 20.4 Å². The summed E-state index contributed by atoms with van der Waals surface area (Å²) in [7, 11) is 0. The summed E-state index contributed by atoms with van der Waals surface area (Å²) in [5.74, 6) is 1.55. The maximum Gasteiger partial charge on any atom is 0.191 e. The number of nitrogens with one attached hydrogen (secondary N) is 2.